The summed E-state index contributed by atoms with van der Waals surface area (Å²) >= 11 is 0. The highest BCUT2D eigenvalue weighted by Gasteiger charge is 2.24. The van der Waals surface area contributed by atoms with E-state index >= 15 is 0 Å². The minimum atomic E-state index is -0.498. The topological polar surface area (TPSA) is 52.7 Å². The molecule has 0 saturated carbocycles. The fourth-order valence-electron chi connectivity index (χ4n) is 2.77. The molecule has 0 aromatic heterocycles. The van der Waals surface area contributed by atoms with E-state index in [0.717, 1.165) is 31.6 Å². The van der Waals surface area contributed by atoms with Crippen molar-refractivity contribution in [1.29, 1.82) is 0 Å². The van der Waals surface area contributed by atoms with Crippen molar-refractivity contribution in [1.82, 2.24) is 9.80 Å². The van der Waals surface area contributed by atoms with Crippen molar-refractivity contribution in [2.75, 3.05) is 39.0 Å². The Hall–Kier alpha value is -1.10. The number of aliphatic hydroxyl groups is 1. The largest absolute Gasteiger partial charge is 0.398 e. The number of hydrogen-bond acceptors (Lipinski definition) is 4. The zero-order valence-corrected chi connectivity index (χ0v) is 11.9. The third-order valence-electron chi connectivity index (χ3n) is 4.12. The van der Waals surface area contributed by atoms with Gasteiger partial charge in [-0.25, -0.2) is 0 Å². The molecule has 1 fully saturated rings. The van der Waals surface area contributed by atoms with Crippen LogP contribution in [0.1, 0.15) is 25.0 Å². The highest BCUT2D eigenvalue weighted by atomic mass is 16.3. The van der Waals surface area contributed by atoms with Gasteiger partial charge in [-0.2, -0.15) is 0 Å². The molecule has 1 saturated heterocycles. The molecule has 1 heterocycles. The number of nitrogens with two attached hydrogens (primary N) is 1. The van der Waals surface area contributed by atoms with E-state index in [1.807, 2.05) is 24.3 Å². The fraction of sp³-hybridized carbons (Fsp3) is 0.600. The van der Waals surface area contributed by atoms with E-state index in [1.165, 1.54) is 0 Å². The maximum absolute atomic E-state index is 10.3. The van der Waals surface area contributed by atoms with Crippen LogP contribution in [-0.2, 0) is 0 Å². The number of rotatable bonds is 4. The summed E-state index contributed by atoms with van der Waals surface area (Å²) in [5.74, 6) is 0. The van der Waals surface area contributed by atoms with E-state index in [4.69, 9.17) is 5.73 Å². The average molecular weight is 263 g/mol. The van der Waals surface area contributed by atoms with E-state index in [9.17, 15) is 5.11 Å². The third-order valence-corrected chi connectivity index (χ3v) is 4.12. The Morgan fingerprint density at radius 2 is 2.11 bits per heavy atom. The van der Waals surface area contributed by atoms with Crippen molar-refractivity contribution in [3.63, 3.8) is 0 Å². The Kier molecular flexibility index (Phi) is 4.80. The van der Waals surface area contributed by atoms with Crippen LogP contribution in [0.5, 0.6) is 0 Å². The van der Waals surface area contributed by atoms with E-state index < -0.39 is 6.10 Å². The first-order valence-corrected chi connectivity index (χ1v) is 7.07. The number of β-amino-alcohol motifs (C(OH)–C–C–N with tert-alkyl or cyclic N) is 1. The first-order chi connectivity index (χ1) is 9.11. The summed E-state index contributed by atoms with van der Waals surface area (Å²) < 4.78 is 0. The molecule has 106 valence electrons. The van der Waals surface area contributed by atoms with Crippen molar-refractivity contribution in [2.45, 2.75) is 25.5 Å². The lowest BCUT2D eigenvalue weighted by molar-refractivity contribution is 0.0505. The first-order valence-electron chi connectivity index (χ1n) is 7.07. The maximum Gasteiger partial charge on any atom is 0.0936 e. The zero-order valence-electron chi connectivity index (χ0n) is 11.9. The average Bonchev–Trinajstić information content (AvgIpc) is 2.41. The normalized spacial score (nSPS) is 23.4. The maximum atomic E-state index is 10.3. The van der Waals surface area contributed by atoms with Crippen LogP contribution in [0, 0.1) is 0 Å². The standard InChI is InChI=1S/C15H25N3O/c1-3-12-10-18(9-8-17(12)2)11-15(19)13-6-4-5-7-14(13)16/h4-7,12,15,19H,3,8-11,16H2,1-2H3. The van der Waals surface area contributed by atoms with Crippen LogP contribution in [0.2, 0.25) is 0 Å². The highest BCUT2D eigenvalue weighted by Crippen LogP contribution is 2.22. The van der Waals surface area contributed by atoms with Crippen LogP contribution in [0.3, 0.4) is 0 Å². The molecule has 1 aliphatic rings. The van der Waals surface area contributed by atoms with E-state index in [1.54, 1.807) is 0 Å². The lowest BCUT2D eigenvalue weighted by Gasteiger charge is -2.39. The van der Waals surface area contributed by atoms with Crippen molar-refractivity contribution in [2.24, 2.45) is 0 Å². The van der Waals surface area contributed by atoms with Crippen LogP contribution in [0.15, 0.2) is 24.3 Å². The van der Waals surface area contributed by atoms with Gasteiger partial charge in [0.1, 0.15) is 0 Å². The van der Waals surface area contributed by atoms with Crippen molar-refractivity contribution in [3.8, 4) is 0 Å². The van der Waals surface area contributed by atoms with Crippen LogP contribution < -0.4 is 5.73 Å². The van der Waals surface area contributed by atoms with Gasteiger partial charge in [0.05, 0.1) is 6.10 Å². The van der Waals surface area contributed by atoms with E-state index in [-0.39, 0.29) is 0 Å². The fourth-order valence-corrected chi connectivity index (χ4v) is 2.77. The Morgan fingerprint density at radius 1 is 1.37 bits per heavy atom. The molecule has 0 amide bonds. The summed E-state index contributed by atoms with van der Waals surface area (Å²) in [6.07, 6.45) is 0.651. The molecule has 0 radical (unpaired) electrons. The number of para-hydroxylation sites is 1. The molecule has 2 unspecified atom stereocenters. The molecule has 19 heavy (non-hydrogen) atoms. The number of benzene rings is 1. The van der Waals surface area contributed by atoms with Crippen molar-refractivity contribution in [3.05, 3.63) is 29.8 Å². The quantitative estimate of drug-likeness (QED) is 0.805. The van der Waals surface area contributed by atoms with Crippen LogP contribution in [0.25, 0.3) is 0 Å². The van der Waals surface area contributed by atoms with Gasteiger partial charge in [-0.1, -0.05) is 25.1 Å². The number of nitrogens with zero attached hydrogens (tertiary/aromatic N) is 2. The van der Waals surface area contributed by atoms with Gasteiger partial charge < -0.3 is 15.7 Å². The second-order valence-corrected chi connectivity index (χ2v) is 5.45. The van der Waals surface area contributed by atoms with Gasteiger partial charge in [-0.15, -0.1) is 0 Å². The van der Waals surface area contributed by atoms with E-state index in [0.29, 0.717) is 18.3 Å². The molecule has 0 aliphatic carbocycles. The summed E-state index contributed by atoms with van der Waals surface area (Å²) in [5.41, 5.74) is 7.43. The van der Waals surface area contributed by atoms with Gasteiger partial charge in [-0.05, 0) is 19.5 Å². The molecule has 1 aliphatic heterocycles. The lowest BCUT2D eigenvalue weighted by Crippen LogP contribution is -2.51. The summed E-state index contributed by atoms with van der Waals surface area (Å²) in [4.78, 5) is 4.74. The SMILES string of the molecule is CCC1CN(CC(O)c2ccccc2N)CCN1C. The van der Waals surface area contributed by atoms with Crippen molar-refractivity contribution < 1.29 is 5.11 Å². The Labute approximate surface area is 115 Å². The van der Waals surface area contributed by atoms with Gasteiger partial charge >= 0.3 is 0 Å². The molecule has 4 nitrogen and oxygen atoms in total. The summed E-state index contributed by atoms with van der Waals surface area (Å²) in [5, 5.41) is 10.3. The molecule has 4 heteroatoms. The van der Waals surface area contributed by atoms with Crippen LogP contribution in [-0.4, -0.2) is 54.2 Å². The Bertz CT molecular complexity index is 410. The summed E-state index contributed by atoms with van der Waals surface area (Å²) in [7, 11) is 2.18. The molecule has 0 spiro atoms. The molecule has 1 aromatic carbocycles. The highest BCUT2D eigenvalue weighted by molar-refractivity contribution is 5.47. The predicted molar refractivity (Wildman–Crippen MR) is 79.0 cm³/mol. The first kappa shape index (κ1) is 14.3. The number of aliphatic hydroxyl groups excluding tert-OH is 1. The third kappa shape index (κ3) is 3.47. The Morgan fingerprint density at radius 3 is 2.79 bits per heavy atom. The molecule has 0 bridgehead atoms. The van der Waals surface area contributed by atoms with E-state index in [2.05, 4.69) is 23.8 Å². The van der Waals surface area contributed by atoms with Crippen LogP contribution >= 0.6 is 0 Å². The van der Waals surface area contributed by atoms with Gasteiger partial charge in [-0.3, -0.25) is 4.90 Å². The molecule has 3 N–H and O–H groups in total. The second-order valence-electron chi connectivity index (χ2n) is 5.45. The van der Waals surface area contributed by atoms with Crippen molar-refractivity contribution >= 4 is 5.69 Å². The smallest absolute Gasteiger partial charge is 0.0936 e. The minimum absolute atomic E-state index is 0.498. The van der Waals surface area contributed by atoms with Gasteiger partial charge in [0, 0.05) is 43.5 Å². The Balaban J connectivity index is 1.96. The monoisotopic (exact) mass is 263 g/mol. The summed E-state index contributed by atoms with van der Waals surface area (Å²) in [6, 6.07) is 8.17. The van der Waals surface area contributed by atoms with Crippen LogP contribution in [0.4, 0.5) is 5.69 Å². The number of piperazine rings is 1. The van der Waals surface area contributed by atoms with Gasteiger partial charge in [0.15, 0.2) is 0 Å². The molecular formula is C15H25N3O. The minimum Gasteiger partial charge on any atom is -0.398 e. The molecule has 2 rings (SSSR count). The molecule has 1 aromatic rings. The number of anilines is 1. The van der Waals surface area contributed by atoms with Gasteiger partial charge in [0.2, 0.25) is 0 Å². The molecular weight excluding hydrogens is 238 g/mol. The van der Waals surface area contributed by atoms with Gasteiger partial charge in [0.25, 0.3) is 0 Å². The number of likely N-dealkylation sites (N-methyl/N-ethyl adjacent to an activating group) is 1. The molecule has 2 atom stereocenters. The predicted octanol–water partition coefficient (Wildman–Crippen LogP) is 1.33. The number of nitrogen functional groups attached to an aromatic ring is 1. The lowest BCUT2D eigenvalue weighted by atomic mass is 10.1. The zero-order chi connectivity index (χ0) is 13.8. The second kappa shape index (κ2) is 6.37. The summed E-state index contributed by atoms with van der Waals surface area (Å²) in [6.45, 7) is 5.98. The number of hydrogen-bond donors (Lipinski definition) is 2.